The van der Waals surface area contributed by atoms with E-state index in [4.69, 9.17) is 12.2 Å². The third-order valence-corrected chi connectivity index (χ3v) is 4.23. The van der Waals surface area contributed by atoms with Gasteiger partial charge in [0.1, 0.15) is 0 Å². The third-order valence-electron chi connectivity index (χ3n) is 3.91. The molecule has 1 saturated carbocycles. The summed E-state index contributed by atoms with van der Waals surface area (Å²) in [6, 6.07) is 6.36. The highest BCUT2D eigenvalue weighted by atomic mass is 32.1. The van der Waals surface area contributed by atoms with Gasteiger partial charge in [0.2, 0.25) is 0 Å². The number of imidazole rings is 1. The number of hydrogen-bond donors (Lipinski definition) is 1. The van der Waals surface area contributed by atoms with E-state index in [1.807, 2.05) is 0 Å². The van der Waals surface area contributed by atoms with Crippen LogP contribution in [0.2, 0.25) is 0 Å². The molecule has 0 aliphatic heterocycles. The molecule has 1 aromatic heterocycles. The van der Waals surface area contributed by atoms with E-state index in [2.05, 4.69) is 34.7 Å². The van der Waals surface area contributed by atoms with E-state index in [9.17, 15) is 0 Å². The Morgan fingerprint density at radius 3 is 2.88 bits per heavy atom. The van der Waals surface area contributed by atoms with Crippen molar-refractivity contribution in [2.45, 2.75) is 39.2 Å². The molecule has 0 amide bonds. The van der Waals surface area contributed by atoms with Crippen molar-refractivity contribution in [3.63, 3.8) is 0 Å². The number of fused-ring (bicyclic) bond motifs is 1. The largest absolute Gasteiger partial charge is 0.331 e. The van der Waals surface area contributed by atoms with Gasteiger partial charge in [-0.2, -0.15) is 0 Å². The van der Waals surface area contributed by atoms with Gasteiger partial charge >= 0.3 is 0 Å². The number of H-pyrrole nitrogens is 1. The molecule has 0 spiro atoms. The number of aromatic amines is 1. The zero-order valence-corrected chi connectivity index (χ0v) is 11.0. The van der Waals surface area contributed by atoms with Gasteiger partial charge in [0.15, 0.2) is 4.77 Å². The third kappa shape index (κ3) is 1.93. The minimum atomic E-state index is 0.820. The first-order valence-corrected chi connectivity index (χ1v) is 6.84. The first kappa shape index (κ1) is 11.0. The summed E-state index contributed by atoms with van der Waals surface area (Å²) in [5, 5.41) is 0. The van der Waals surface area contributed by atoms with E-state index in [0.717, 1.165) is 17.2 Å². The van der Waals surface area contributed by atoms with Gasteiger partial charge in [-0.05, 0) is 49.5 Å². The molecule has 1 N–H and O–H groups in total. The van der Waals surface area contributed by atoms with Crippen molar-refractivity contribution in [1.82, 2.24) is 9.55 Å². The molecule has 2 nitrogen and oxygen atoms in total. The maximum atomic E-state index is 5.45. The monoisotopic (exact) mass is 246 g/mol. The SMILES string of the molecule is Cc1cccc2[nH]c(=S)n(CC3CCCC3)c12. The fourth-order valence-electron chi connectivity index (χ4n) is 3.03. The second kappa shape index (κ2) is 4.30. The lowest BCUT2D eigenvalue weighted by molar-refractivity contribution is 0.461. The van der Waals surface area contributed by atoms with Gasteiger partial charge in [-0.25, -0.2) is 0 Å². The van der Waals surface area contributed by atoms with Crippen molar-refractivity contribution >= 4 is 23.3 Å². The van der Waals surface area contributed by atoms with E-state index in [1.54, 1.807) is 0 Å². The van der Waals surface area contributed by atoms with Crippen LogP contribution in [0.5, 0.6) is 0 Å². The Morgan fingerprint density at radius 1 is 1.35 bits per heavy atom. The summed E-state index contributed by atoms with van der Waals surface area (Å²) in [7, 11) is 0. The first-order valence-electron chi connectivity index (χ1n) is 6.44. The Morgan fingerprint density at radius 2 is 2.12 bits per heavy atom. The average molecular weight is 246 g/mol. The minimum absolute atomic E-state index is 0.820. The maximum absolute atomic E-state index is 5.45. The van der Waals surface area contributed by atoms with Gasteiger partial charge in [0, 0.05) is 6.54 Å². The summed E-state index contributed by atoms with van der Waals surface area (Å²) >= 11 is 5.45. The zero-order chi connectivity index (χ0) is 11.8. The van der Waals surface area contributed by atoms with E-state index in [0.29, 0.717) is 0 Å². The molecular weight excluding hydrogens is 228 g/mol. The van der Waals surface area contributed by atoms with Crippen molar-refractivity contribution in [1.29, 1.82) is 0 Å². The fraction of sp³-hybridized carbons (Fsp3) is 0.500. The molecule has 90 valence electrons. The molecule has 3 rings (SSSR count). The minimum Gasteiger partial charge on any atom is -0.331 e. The predicted octanol–water partition coefficient (Wildman–Crippen LogP) is 4.20. The second-order valence-corrected chi connectivity index (χ2v) is 5.55. The van der Waals surface area contributed by atoms with Gasteiger partial charge < -0.3 is 9.55 Å². The normalized spacial score (nSPS) is 17.0. The molecule has 0 unspecified atom stereocenters. The van der Waals surface area contributed by atoms with Crippen LogP contribution in [0.1, 0.15) is 31.2 Å². The molecule has 0 bridgehead atoms. The summed E-state index contributed by atoms with van der Waals surface area (Å²) in [5.41, 5.74) is 3.78. The van der Waals surface area contributed by atoms with Gasteiger partial charge in [-0.1, -0.05) is 25.0 Å². The number of para-hydroxylation sites is 1. The van der Waals surface area contributed by atoms with Crippen LogP contribution in [0, 0.1) is 17.6 Å². The molecule has 2 aromatic rings. The molecule has 0 atom stereocenters. The lowest BCUT2D eigenvalue weighted by Crippen LogP contribution is -2.07. The molecule has 0 saturated heterocycles. The Hall–Kier alpha value is -1.09. The summed E-state index contributed by atoms with van der Waals surface area (Å²) in [6.45, 7) is 3.25. The Kier molecular flexibility index (Phi) is 2.79. The predicted molar refractivity (Wildman–Crippen MR) is 73.8 cm³/mol. The molecule has 1 aliphatic rings. The fourth-order valence-corrected chi connectivity index (χ4v) is 3.30. The lowest BCUT2D eigenvalue weighted by atomic mass is 10.1. The topological polar surface area (TPSA) is 20.7 Å². The molecule has 0 radical (unpaired) electrons. The molecule has 1 aliphatic carbocycles. The summed E-state index contributed by atoms with van der Waals surface area (Å²) in [5.74, 6) is 0.820. The highest BCUT2D eigenvalue weighted by molar-refractivity contribution is 7.71. The van der Waals surface area contributed by atoms with Crippen LogP contribution in [-0.4, -0.2) is 9.55 Å². The average Bonchev–Trinajstić information content (AvgIpc) is 2.89. The maximum Gasteiger partial charge on any atom is 0.178 e. The summed E-state index contributed by atoms with van der Waals surface area (Å²) in [4.78, 5) is 3.32. The molecule has 1 fully saturated rings. The Labute approximate surface area is 107 Å². The van der Waals surface area contributed by atoms with Gasteiger partial charge in [-0.15, -0.1) is 0 Å². The van der Waals surface area contributed by atoms with E-state index in [-0.39, 0.29) is 0 Å². The number of nitrogens with one attached hydrogen (secondary N) is 1. The summed E-state index contributed by atoms with van der Waals surface area (Å²) < 4.78 is 3.18. The van der Waals surface area contributed by atoms with E-state index < -0.39 is 0 Å². The molecule has 1 heterocycles. The van der Waals surface area contributed by atoms with E-state index in [1.165, 1.54) is 42.3 Å². The van der Waals surface area contributed by atoms with Crippen LogP contribution < -0.4 is 0 Å². The molecule has 1 aromatic carbocycles. The zero-order valence-electron chi connectivity index (χ0n) is 10.2. The van der Waals surface area contributed by atoms with Crippen LogP contribution in [0.25, 0.3) is 11.0 Å². The molecular formula is C14H18N2S. The number of benzene rings is 1. The van der Waals surface area contributed by atoms with Crippen LogP contribution >= 0.6 is 12.2 Å². The van der Waals surface area contributed by atoms with Gasteiger partial charge in [0.05, 0.1) is 11.0 Å². The Balaban J connectivity index is 2.08. The van der Waals surface area contributed by atoms with E-state index >= 15 is 0 Å². The van der Waals surface area contributed by atoms with Crippen molar-refractivity contribution in [2.75, 3.05) is 0 Å². The number of nitrogens with zero attached hydrogens (tertiary/aromatic N) is 1. The second-order valence-electron chi connectivity index (χ2n) is 5.16. The quantitative estimate of drug-likeness (QED) is 0.788. The van der Waals surface area contributed by atoms with Crippen LogP contribution in [0.4, 0.5) is 0 Å². The number of aryl methyl sites for hydroxylation is 1. The van der Waals surface area contributed by atoms with Gasteiger partial charge in [0.25, 0.3) is 0 Å². The number of aromatic nitrogens is 2. The highest BCUT2D eigenvalue weighted by Gasteiger charge is 2.17. The molecule has 17 heavy (non-hydrogen) atoms. The number of hydrogen-bond acceptors (Lipinski definition) is 1. The van der Waals surface area contributed by atoms with Crippen molar-refractivity contribution in [2.24, 2.45) is 5.92 Å². The van der Waals surface area contributed by atoms with Crippen molar-refractivity contribution in [3.05, 3.63) is 28.5 Å². The highest BCUT2D eigenvalue weighted by Crippen LogP contribution is 2.28. The van der Waals surface area contributed by atoms with Crippen molar-refractivity contribution in [3.8, 4) is 0 Å². The first-order chi connectivity index (χ1) is 8.25. The summed E-state index contributed by atoms with van der Waals surface area (Å²) in [6.07, 6.45) is 5.50. The van der Waals surface area contributed by atoms with Gasteiger partial charge in [-0.3, -0.25) is 0 Å². The lowest BCUT2D eigenvalue weighted by Gasteiger charge is -2.11. The number of rotatable bonds is 2. The molecule has 3 heteroatoms. The van der Waals surface area contributed by atoms with Crippen LogP contribution in [0.15, 0.2) is 18.2 Å². The smallest absolute Gasteiger partial charge is 0.178 e. The van der Waals surface area contributed by atoms with Crippen LogP contribution in [0.3, 0.4) is 0 Å². The van der Waals surface area contributed by atoms with Crippen LogP contribution in [-0.2, 0) is 6.54 Å². The standard InChI is InChI=1S/C14H18N2S/c1-10-5-4-8-12-13(10)16(14(17)15-12)9-11-6-2-3-7-11/h4-5,8,11H,2-3,6-7,9H2,1H3,(H,15,17). The Bertz CT molecular complexity index is 588. The van der Waals surface area contributed by atoms with Crippen molar-refractivity contribution < 1.29 is 0 Å².